The van der Waals surface area contributed by atoms with Crippen molar-refractivity contribution in [3.05, 3.63) is 0 Å². The Morgan fingerprint density at radius 3 is 1.90 bits per heavy atom. The molecule has 0 radical (unpaired) electrons. The number of primary amides is 1. The number of aliphatic hydroxyl groups excluding tert-OH is 1. The van der Waals surface area contributed by atoms with E-state index >= 15 is 0 Å². The molecule has 0 aliphatic carbocycles. The largest absolute Gasteiger partial charge is 0.480 e. The third-order valence-corrected chi connectivity index (χ3v) is 5.10. The fourth-order valence-corrected chi connectivity index (χ4v) is 2.70. The molecule has 12 nitrogen and oxygen atoms in total. The summed E-state index contributed by atoms with van der Waals surface area (Å²) in [5.41, 5.74) is 10.9. The van der Waals surface area contributed by atoms with Gasteiger partial charge in [-0.2, -0.15) is 12.6 Å². The number of aliphatic carboxylic acids is 1. The molecule has 6 atom stereocenters. The van der Waals surface area contributed by atoms with Crippen molar-refractivity contribution in [2.75, 3.05) is 5.75 Å². The molecule has 0 aromatic heterocycles. The minimum Gasteiger partial charge on any atom is -0.480 e. The zero-order chi connectivity index (χ0) is 24.3. The predicted molar refractivity (Wildman–Crippen MR) is 115 cm³/mol. The van der Waals surface area contributed by atoms with Gasteiger partial charge in [0.15, 0.2) is 6.04 Å². The number of nitrogens with two attached hydrogens (primary N) is 2. The second kappa shape index (κ2) is 13.8. The Morgan fingerprint density at radius 1 is 0.968 bits per heavy atom. The number of hydrogen-bond donors (Lipinski definition) is 8. The number of thiol groups is 1. The molecule has 31 heavy (non-hydrogen) atoms. The van der Waals surface area contributed by atoms with Crippen LogP contribution in [0.15, 0.2) is 0 Å². The van der Waals surface area contributed by atoms with Gasteiger partial charge in [-0.15, -0.1) is 0 Å². The summed E-state index contributed by atoms with van der Waals surface area (Å²) in [5, 5.41) is 25.6. The van der Waals surface area contributed by atoms with Crippen molar-refractivity contribution >= 4 is 42.2 Å². The summed E-state index contributed by atoms with van der Waals surface area (Å²) >= 11 is 4.04. The summed E-state index contributed by atoms with van der Waals surface area (Å²) in [6, 6.07) is -4.96. The van der Waals surface area contributed by atoms with Crippen LogP contribution < -0.4 is 27.4 Å². The van der Waals surface area contributed by atoms with E-state index in [1.54, 1.807) is 6.92 Å². The van der Waals surface area contributed by atoms with Gasteiger partial charge in [-0.1, -0.05) is 20.3 Å². The second-order valence-corrected chi connectivity index (χ2v) is 7.65. The van der Waals surface area contributed by atoms with E-state index < -0.39 is 59.9 Å². The van der Waals surface area contributed by atoms with Gasteiger partial charge in [0.1, 0.15) is 12.1 Å². The zero-order valence-corrected chi connectivity index (χ0v) is 18.7. The summed E-state index contributed by atoms with van der Waals surface area (Å²) in [5.74, 6) is -4.76. The number of carboxylic acids is 1. The molecule has 0 saturated heterocycles. The molecule has 0 aliphatic heterocycles. The highest BCUT2D eigenvalue weighted by Gasteiger charge is 2.32. The Labute approximate surface area is 186 Å². The number of nitrogens with one attached hydrogen (secondary N) is 3. The topological polar surface area (TPSA) is 214 Å². The Balaban J connectivity index is 5.36. The molecule has 0 saturated carbocycles. The van der Waals surface area contributed by atoms with Gasteiger partial charge in [-0.3, -0.25) is 19.2 Å². The van der Waals surface area contributed by atoms with Crippen LogP contribution in [0.4, 0.5) is 0 Å². The van der Waals surface area contributed by atoms with E-state index in [4.69, 9.17) is 16.6 Å². The van der Waals surface area contributed by atoms with E-state index in [2.05, 4.69) is 28.6 Å². The van der Waals surface area contributed by atoms with Crippen LogP contribution >= 0.6 is 12.6 Å². The molecule has 0 aromatic rings. The maximum absolute atomic E-state index is 12.6. The first-order chi connectivity index (χ1) is 14.3. The Kier molecular flexibility index (Phi) is 12.8. The molecule has 0 spiro atoms. The highest BCUT2D eigenvalue weighted by Crippen LogP contribution is 2.06. The third-order valence-electron chi connectivity index (χ3n) is 4.73. The van der Waals surface area contributed by atoms with E-state index in [1.807, 2.05) is 6.92 Å². The average Bonchev–Trinajstić information content (AvgIpc) is 2.70. The molecular weight excluding hydrogens is 430 g/mol. The lowest BCUT2D eigenvalue weighted by Gasteiger charge is -2.25. The number of hydrogen-bond acceptors (Lipinski definition) is 8. The maximum atomic E-state index is 12.6. The summed E-state index contributed by atoms with van der Waals surface area (Å²) in [6.45, 7) is 4.81. The van der Waals surface area contributed by atoms with Crippen molar-refractivity contribution in [3.8, 4) is 0 Å². The molecule has 13 heteroatoms. The van der Waals surface area contributed by atoms with E-state index in [9.17, 15) is 29.1 Å². The lowest BCUT2D eigenvalue weighted by Crippen LogP contribution is -2.59. The van der Waals surface area contributed by atoms with Crippen LogP contribution in [-0.4, -0.2) is 75.8 Å². The number of carbonyl (C=O) groups excluding carboxylic acids is 4. The quantitative estimate of drug-likeness (QED) is 0.128. The standard InChI is InChI=1S/C18H33N5O7S/c1-4-8(2)13(20)17(28)22-11(7-31)16(27)21-10(5-6-12(19)25)15(26)23-14(9(3)24)18(29)30/h8-11,13-14,24,31H,4-7,20H2,1-3H3,(H2,19,25)(H,21,27)(H,22,28)(H,23,26)(H,29,30). The first-order valence-electron chi connectivity index (χ1n) is 9.82. The number of amides is 4. The van der Waals surface area contributed by atoms with E-state index in [0.29, 0.717) is 6.42 Å². The normalized spacial score (nSPS) is 16.7. The van der Waals surface area contributed by atoms with Gasteiger partial charge in [0.2, 0.25) is 23.6 Å². The molecule has 178 valence electrons. The van der Waals surface area contributed by atoms with Crippen molar-refractivity contribution in [2.45, 2.75) is 70.3 Å². The fourth-order valence-electron chi connectivity index (χ4n) is 2.44. The SMILES string of the molecule is CCC(C)C(N)C(=O)NC(CS)C(=O)NC(CCC(N)=O)C(=O)NC(C(=O)O)C(C)O. The molecule has 9 N–H and O–H groups in total. The van der Waals surface area contributed by atoms with Crippen LogP contribution in [0.3, 0.4) is 0 Å². The number of carboxylic acid groups (broad SMARTS) is 1. The lowest BCUT2D eigenvalue weighted by molar-refractivity contribution is -0.145. The van der Waals surface area contributed by atoms with Crippen LogP contribution in [0, 0.1) is 5.92 Å². The number of rotatable bonds is 14. The maximum Gasteiger partial charge on any atom is 0.328 e. The fraction of sp³-hybridized carbons (Fsp3) is 0.722. The smallest absolute Gasteiger partial charge is 0.328 e. The second-order valence-electron chi connectivity index (χ2n) is 7.29. The minimum absolute atomic E-state index is 0.111. The molecule has 0 aromatic carbocycles. The molecule has 0 heterocycles. The molecule has 0 aliphatic rings. The van der Waals surface area contributed by atoms with Crippen LogP contribution in [0.25, 0.3) is 0 Å². The third kappa shape index (κ3) is 9.98. The van der Waals surface area contributed by atoms with Gasteiger partial charge in [-0.25, -0.2) is 4.79 Å². The Bertz CT molecular complexity index is 661. The predicted octanol–water partition coefficient (Wildman–Crippen LogP) is -2.53. The van der Waals surface area contributed by atoms with Crippen molar-refractivity contribution in [1.29, 1.82) is 0 Å². The van der Waals surface area contributed by atoms with Crippen LogP contribution in [0.2, 0.25) is 0 Å². The van der Waals surface area contributed by atoms with Gasteiger partial charge in [0, 0.05) is 12.2 Å². The monoisotopic (exact) mass is 463 g/mol. The van der Waals surface area contributed by atoms with Crippen LogP contribution in [0.5, 0.6) is 0 Å². The summed E-state index contributed by atoms with van der Waals surface area (Å²) < 4.78 is 0. The van der Waals surface area contributed by atoms with Crippen molar-refractivity contribution in [3.63, 3.8) is 0 Å². The van der Waals surface area contributed by atoms with Crippen LogP contribution in [0.1, 0.15) is 40.0 Å². The summed E-state index contributed by atoms with van der Waals surface area (Å²) in [7, 11) is 0. The van der Waals surface area contributed by atoms with Gasteiger partial charge < -0.3 is 37.6 Å². The average molecular weight is 464 g/mol. The van der Waals surface area contributed by atoms with Crippen molar-refractivity contribution < 1.29 is 34.2 Å². The first kappa shape index (κ1) is 28.6. The molecule has 0 rings (SSSR count). The first-order valence-corrected chi connectivity index (χ1v) is 10.5. The highest BCUT2D eigenvalue weighted by molar-refractivity contribution is 7.80. The Hall–Kier alpha value is -2.38. The molecule has 6 unspecified atom stereocenters. The Morgan fingerprint density at radius 2 is 1.48 bits per heavy atom. The molecule has 0 fully saturated rings. The summed E-state index contributed by atoms with van der Waals surface area (Å²) in [6.07, 6.45) is -1.27. The number of carbonyl (C=O) groups is 5. The van der Waals surface area contributed by atoms with Crippen LogP contribution in [-0.2, 0) is 24.0 Å². The zero-order valence-electron chi connectivity index (χ0n) is 17.8. The molecule has 4 amide bonds. The number of aliphatic hydroxyl groups is 1. The van der Waals surface area contributed by atoms with E-state index in [1.165, 1.54) is 6.92 Å². The highest BCUT2D eigenvalue weighted by atomic mass is 32.1. The van der Waals surface area contributed by atoms with Gasteiger partial charge in [0.05, 0.1) is 12.1 Å². The van der Waals surface area contributed by atoms with Gasteiger partial charge in [0.25, 0.3) is 0 Å². The van der Waals surface area contributed by atoms with Gasteiger partial charge in [-0.05, 0) is 19.3 Å². The lowest BCUT2D eigenvalue weighted by atomic mass is 9.99. The van der Waals surface area contributed by atoms with E-state index in [0.717, 1.165) is 0 Å². The van der Waals surface area contributed by atoms with Crippen molar-refractivity contribution in [1.82, 2.24) is 16.0 Å². The van der Waals surface area contributed by atoms with E-state index in [-0.39, 0.29) is 24.5 Å². The summed E-state index contributed by atoms with van der Waals surface area (Å²) in [4.78, 5) is 59.7. The van der Waals surface area contributed by atoms with Gasteiger partial charge >= 0.3 is 5.97 Å². The van der Waals surface area contributed by atoms with Crippen molar-refractivity contribution in [2.24, 2.45) is 17.4 Å². The minimum atomic E-state index is -1.63. The molecular formula is C18H33N5O7S. The molecule has 0 bridgehead atoms.